The monoisotopic (exact) mass is 209 g/mol. The molecule has 0 heterocycles. The van der Waals surface area contributed by atoms with Crippen molar-refractivity contribution in [3.63, 3.8) is 0 Å². The largest absolute Gasteiger partial charge is 0.394 e. The highest BCUT2D eigenvalue weighted by Gasteiger charge is 1.91. The lowest BCUT2D eigenvalue weighted by molar-refractivity contribution is 0.0940. The van der Waals surface area contributed by atoms with E-state index in [2.05, 4.69) is 5.32 Å². The van der Waals surface area contributed by atoms with Gasteiger partial charge in [0.25, 0.3) is 0 Å². The van der Waals surface area contributed by atoms with Crippen LogP contribution in [0.4, 0.5) is 0 Å². The molecular formula is C8H19NO3S. The van der Waals surface area contributed by atoms with E-state index in [-0.39, 0.29) is 6.61 Å². The molecule has 13 heavy (non-hydrogen) atoms. The zero-order valence-electron chi connectivity index (χ0n) is 8.12. The summed E-state index contributed by atoms with van der Waals surface area (Å²) in [6.45, 7) is 2.77. The molecule has 0 aromatic rings. The lowest BCUT2D eigenvalue weighted by Gasteiger charge is -2.04. The maximum absolute atomic E-state index is 10.6. The van der Waals surface area contributed by atoms with Gasteiger partial charge in [0.1, 0.15) is 0 Å². The van der Waals surface area contributed by atoms with Crippen LogP contribution in [0.2, 0.25) is 0 Å². The van der Waals surface area contributed by atoms with Crippen LogP contribution in [0.5, 0.6) is 0 Å². The van der Waals surface area contributed by atoms with Crippen molar-refractivity contribution in [1.82, 2.24) is 5.32 Å². The van der Waals surface area contributed by atoms with Gasteiger partial charge in [0.2, 0.25) is 0 Å². The van der Waals surface area contributed by atoms with E-state index >= 15 is 0 Å². The van der Waals surface area contributed by atoms with E-state index in [9.17, 15) is 4.21 Å². The van der Waals surface area contributed by atoms with Crippen LogP contribution in [0.1, 0.15) is 6.42 Å². The van der Waals surface area contributed by atoms with Gasteiger partial charge < -0.3 is 15.2 Å². The van der Waals surface area contributed by atoms with Gasteiger partial charge in [-0.2, -0.15) is 0 Å². The van der Waals surface area contributed by atoms with Gasteiger partial charge in [0.05, 0.1) is 19.8 Å². The quantitative estimate of drug-likeness (QED) is 0.496. The third-order valence-electron chi connectivity index (χ3n) is 1.44. The molecule has 0 radical (unpaired) electrons. The summed E-state index contributed by atoms with van der Waals surface area (Å²) >= 11 is 0. The molecule has 4 nitrogen and oxygen atoms in total. The Hall–Kier alpha value is 0.0300. The highest BCUT2D eigenvalue weighted by Crippen LogP contribution is 1.81. The summed E-state index contributed by atoms with van der Waals surface area (Å²) in [5.41, 5.74) is 0. The van der Waals surface area contributed by atoms with Crippen LogP contribution in [0.15, 0.2) is 0 Å². The minimum absolute atomic E-state index is 0.0782. The molecule has 0 bridgehead atoms. The smallest absolute Gasteiger partial charge is 0.0698 e. The van der Waals surface area contributed by atoms with Gasteiger partial charge in [-0.1, -0.05) is 0 Å². The van der Waals surface area contributed by atoms with Crippen molar-refractivity contribution >= 4 is 10.8 Å². The van der Waals surface area contributed by atoms with E-state index in [0.717, 1.165) is 25.3 Å². The summed E-state index contributed by atoms with van der Waals surface area (Å²) in [7, 11) is -0.680. The van der Waals surface area contributed by atoms with Crippen LogP contribution >= 0.6 is 0 Å². The lowest BCUT2D eigenvalue weighted by atomic mass is 10.5. The third-order valence-corrected chi connectivity index (χ3v) is 2.31. The second-order valence-electron chi connectivity index (χ2n) is 2.72. The van der Waals surface area contributed by atoms with Gasteiger partial charge in [-0.05, 0) is 13.0 Å². The zero-order chi connectivity index (χ0) is 9.94. The van der Waals surface area contributed by atoms with E-state index in [1.165, 1.54) is 0 Å². The fraction of sp³-hybridized carbons (Fsp3) is 1.00. The van der Waals surface area contributed by atoms with Gasteiger partial charge >= 0.3 is 0 Å². The molecule has 0 aromatic heterocycles. The highest BCUT2D eigenvalue weighted by atomic mass is 32.2. The molecule has 0 aromatic carbocycles. The SMILES string of the molecule is CS(=O)CCCNCCOCCO. The molecule has 0 aliphatic carbocycles. The van der Waals surface area contributed by atoms with Gasteiger partial charge in [0.15, 0.2) is 0 Å². The third kappa shape index (κ3) is 12.0. The molecule has 1 atom stereocenters. The summed E-state index contributed by atoms with van der Waals surface area (Å²) in [4.78, 5) is 0. The molecule has 0 fully saturated rings. The first-order valence-electron chi connectivity index (χ1n) is 4.46. The van der Waals surface area contributed by atoms with Crippen LogP contribution in [-0.2, 0) is 15.5 Å². The zero-order valence-corrected chi connectivity index (χ0v) is 8.94. The Morgan fingerprint density at radius 3 is 2.77 bits per heavy atom. The van der Waals surface area contributed by atoms with Crippen LogP contribution in [0, 0.1) is 0 Å². The standard InChI is InChI=1S/C8H19NO3S/c1-13(11)8-2-3-9-4-6-12-7-5-10/h9-10H,2-8H2,1H3. The van der Waals surface area contributed by atoms with Crippen molar-refractivity contribution < 1.29 is 14.1 Å². The van der Waals surface area contributed by atoms with Crippen molar-refractivity contribution in [3.8, 4) is 0 Å². The van der Waals surface area contributed by atoms with Crippen molar-refractivity contribution in [3.05, 3.63) is 0 Å². The Kier molecular flexibility index (Phi) is 10.1. The Labute approximate surface area is 82.1 Å². The van der Waals surface area contributed by atoms with Gasteiger partial charge in [-0.25, -0.2) is 0 Å². The summed E-state index contributed by atoms with van der Waals surface area (Å²) < 4.78 is 15.7. The highest BCUT2D eigenvalue weighted by molar-refractivity contribution is 7.84. The Balaban J connectivity index is 2.87. The predicted octanol–water partition coefficient (Wildman–Crippen LogP) is -0.646. The number of hydrogen-bond donors (Lipinski definition) is 2. The molecule has 2 N–H and O–H groups in total. The Morgan fingerprint density at radius 1 is 1.38 bits per heavy atom. The first-order chi connectivity index (χ1) is 6.27. The molecule has 0 aliphatic rings. The van der Waals surface area contributed by atoms with Gasteiger partial charge in [-0.15, -0.1) is 0 Å². The predicted molar refractivity (Wildman–Crippen MR) is 54.3 cm³/mol. The molecule has 0 saturated heterocycles. The number of rotatable bonds is 9. The van der Waals surface area contributed by atoms with E-state index in [1.807, 2.05) is 0 Å². The minimum atomic E-state index is -0.680. The molecule has 0 rings (SSSR count). The lowest BCUT2D eigenvalue weighted by Crippen LogP contribution is -2.22. The van der Waals surface area contributed by atoms with E-state index in [1.54, 1.807) is 6.26 Å². The minimum Gasteiger partial charge on any atom is -0.394 e. The topological polar surface area (TPSA) is 58.6 Å². The number of ether oxygens (including phenoxy) is 1. The first-order valence-corrected chi connectivity index (χ1v) is 6.19. The second kappa shape index (κ2) is 10.1. The summed E-state index contributed by atoms with van der Waals surface area (Å²) in [6.07, 6.45) is 2.65. The number of hydrogen-bond acceptors (Lipinski definition) is 4. The Bertz CT molecular complexity index is 133. The molecule has 1 unspecified atom stereocenters. The van der Waals surface area contributed by atoms with Crippen molar-refractivity contribution in [1.29, 1.82) is 0 Å². The summed E-state index contributed by atoms with van der Waals surface area (Å²) in [5.74, 6) is 0.754. The Morgan fingerprint density at radius 2 is 2.15 bits per heavy atom. The van der Waals surface area contributed by atoms with Crippen LogP contribution < -0.4 is 5.32 Å². The fourth-order valence-corrected chi connectivity index (χ4v) is 1.39. The summed E-state index contributed by atoms with van der Waals surface area (Å²) in [6, 6.07) is 0. The number of aliphatic hydroxyl groups is 1. The maximum Gasteiger partial charge on any atom is 0.0698 e. The van der Waals surface area contributed by atoms with Crippen LogP contribution in [0.25, 0.3) is 0 Å². The molecule has 80 valence electrons. The van der Waals surface area contributed by atoms with Gasteiger partial charge in [-0.3, -0.25) is 4.21 Å². The molecule has 0 amide bonds. The van der Waals surface area contributed by atoms with Crippen molar-refractivity contribution in [2.24, 2.45) is 0 Å². The van der Waals surface area contributed by atoms with Crippen molar-refractivity contribution in [2.45, 2.75) is 6.42 Å². The van der Waals surface area contributed by atoms with Crippen LogP contribution in [0.3, 0.4) is 0 Å². The fourth-order valence-electron chi connectivity index (χ4n) is 0.836. The van der Waals surface area contributed by atoms with E-state index in [0.29, 0.717) is 13.2 Å². The second-order valence-corrected chi connectivity index (χ2v) is 4.27. The number of aliphatic hydroxyl groups excluding tert-OH is 1. The molecule has 5 heteroatoms. The van der Waals surface area contributed by atoms with E-state index in [4.69, 9.17) is 9.84 Å². The average molecular weight is 209 g/mol. The maximum atomic E-state index is 10.6. The summed E-state index contributed by atoms with van der Waals surface area (Å²) in [5, 5.41) is 11.5. The molecule has 0 aliphatic heterocycles. The number of nitrogens with one attached hydrogen (secondary N) is 1. The average Bonchev–Trinajstić information content (AvgIpc) is 2.09. The molecule has 0 spiro atoms. The first kappa shape index (κ1) is 13.0. The van der Waals surface area contributed by atoms with Crippen molar-refractivity contribution in [2.75, 3.05) is 44.9 Å². The molecular weight excluding hydrogens is 190 g/mol. The molecule has 0 saturated carbocycles. The normalized spacial score (nSPS) is 13.1. The van der Waals surface area contributed by atoms with Gasteiger partial charge in [0, 0.05) is 29.4 Å². The van der Waals surface area contributed by atoms with Crippen LogP contribution in [-0.4, -0.2) is 54.2 Å². The van der Waals surface area contributed by atoms with E-state index < -0.39 is 10.8 Å².